The largest absolute Gasteiger partial charge is 0.384 e. The molecule has 0 saturated carbocycles. The van der Waals surface area contributed by atoms with Crippen LogP contribution in [0.25, 0.3) is 0 Å². The van der Waals surface area contributed by atoms with E-state index in [1.807, 2.05) is 13.8 Å². The number of hydrogen-bond donors (Lipinski definition) is 3. The number of sulfonamides is 1. The Morgan fingerprint density at radius 1 is 1.07 bits per heavy atom. The van der Waals surface area contributed by atoms with Crippen molar-refractivity contribution in [3.8, 4) is 0 Å². The molecular formula is C19H24Cl2N4O3S. The third-order valence-electron chi connectivity index (χ3n) is 4.12. The Balaban J connectivity index is 2.22. The van der Waals surface area contributed by atoms with Crippen LogP contribution in [0.2, 0.25) is 10.0 Å². The summed E-state index contributed by atoms with van der Waals surface area (Å²) in [4.78, 5) is 12.5. The summed E-state index contributed by atoms with van der Waals surface area (Å²) in [5, 5.41) is 9.52. The molecule has 0 radical (unpaired) electrons. The molecule has 0 aromatic heterocycles. The lowest BCUT2D eigenvalue weighted by Gasteiger charge is -2.17. The first-order valence-electron chi connectivity index (χ1n) is 8.86. The van der Waals surface area contributed by atoms with Gasteiger partial charge in [0, 0.05) is 20.6 Å². The lowest BCUT2D eigenvalue weighted by molar-refractivity contribution is -0.114. The first-order chi connectivity index (χ1) is 13.6. The lowest BCUT2D eigenvalue weighted by atomic mass is 10.2. The highest BCUT2D eigenvalue weighted by atomic mass is 35.5. The zero-order chi connectivity index (χ0) is 21.8. The average Bonchev–Trinajstić information content (AvgIpc) is 2.67. The van der Waals surface area contributed by atoms with E-state index >= 15 is 0 Å². The number of nitrogens with zero attached hydrogens (tertiary/aromatic N) is 1. The van der Waals surface area contributed by atoms with Gasteiger partial charge in [-0.2, -0.15) is 0 Å². The topological polar surface area (TPSA) is 90.5 Å². The number of rotatable bonds is 8. The van der Waals surface area contributed by atoms with Gasteiger partial charge in [0.1, 0.15) is 0 Å². The molecule has 0 spiro atoms. The summed E-state index contributed by atoms with van der Waals surface area (Å²) < 4.78 is 25.9. The number of aryl methyl sites for hydroxylation is 1. The van der Waals surface area contributed by atoms with Gasteiger partial charge in [-0.05, 0) is 43.7 Å². The summed E-state index contributed by atoms with van der Waals surface area (Å²) in [6.07, 6.45) is 0. The molecule has 0 heterocycles. The smallest absolute Gasteiger partial charge is 0.243 e. The lowest BCUT2D eigenvalue weighted by Crippen LogP contribution is -2.24. The van der Waals surface area contributed by atoms with Crippen molar-refractivity contribution >= 4 is 56.2 Å². The van der Waals surface area contributed by atoms with Crippen molar-refractivity contribution in [2.24, 2.45) is 0 Å². The van der Waals surface area contributed by atoms with Crippen molar-refractivity contribution in [1.82, 2.24) is 4.31 Å². The number of nitrogens with one attached hydrogen (secondary N) is 3. The molecule has 0 atom stereocenters. The Morgan fingerprint density at radius 3 is 2.38 bits per heavy atom. The number of hydrogen-bond acceptors (Lipinski definition) is 5. The summed E-state index contributed by atoms with van der Waals surface area (Å²) in [6, 6.07) is 8.09. The van der Waals surface area contributed by atoms with Gasteiger partial charge < -0.3 is 16.0 Å². The zero-order valence-electron chi connectivity index (χ0n) is 16.6. The summed E-state index contributed by atoms with van der Waals surface area (Å²) >= 11 is 12.4. The number of halogens is 2. The zero-order valence-corrected chi connectivity index (χ0v) is 19.0. The van der Waals surface area contributed by atoms with Crippen LogP contribution < -0.4 is 16.0 Å². The van der Waals surface area contributed by atoms with Crippen LogP contribution >= 0.6 is 23.2 Å². The van der Waals surface area contributed by atoms with Crippen LogP contribution in [-0.4, -0.2) is 45.8 Å². The van der Waals surface area contributed by atoms with Crippen molar-refractivity contribution in [2.75, 3.05) is 43.1 Å². The summed E-state index contributed by atoms with van der Waals surface area (Å²) in [6.45, 7) is 4.26. The van der Waals surface area contributed by atoms with Crippen LogP contribution in [0.1, 0.15) is 12.5 Å². The van der Waals surface area contributed by atoms with Gasteiger partial charge >= 0.3 is 0 Å². The maximum Gasteiger partial charge on any atom is 0.243 e. The predicted molar refractivity (Wildman–Crippen MR) is 120 cm³/mol. The highest BCUT2D eigenvalue weighted by Crippen LogP contribution is 2.33. The van der Waals surface area contributed by atoms with Gasteiger partial charge in [0.15, 0.2) is 0 Å². The van der Waals surface area contributed by atoms with Gasteiger partial charge in [-0.25, -0.2) is 12.7 Å². The number of carbonyl (C=O) groups is 1. The van der Waals surface area contributed by atoms with Crippen molar-refractivity contribution in [3.05, 3.63) is 45.9 Å². The normalized spacial score (nSPS) is 11.4. The Bertz CT molecular complexity index is 1010. The number of anilines is 3. The molecule has 2 aromatic rings. The second-order valence-electron chi connectivity index (χ2n) is 6.48. The van der Waals surface area contributed by atoms with Crippen LogP contribution in [0, 0.1) is 6.92 Å². The van der Waals surface area contributed by atoms with Gasteiger partial charge in [-0.3, -0.25) is 4.79 Å². The van der Waals surface area contributed by atoms with E-state index in [0.29, 0.717) is 33.7 Å². The highest BCUT2D eigenvalue weighted by Gasteiger charge is 2.19. The summed E-state index contributed by atoms with van der Waals surface area (Å²) in [7, 11) is -0.681. The van der Waals surface area contributed by atoms with Crippen molar-refractivity contribution in [1.29, 1.82) is 0 Å². The molecule has 3 N–H and O–H groups in total. The molecule has 1 amide bonds. The summed E-state index contributed by atoms with van der Waals surface area (Å²) in [5.41, 5.74) is 2.31. The van der Waals surface area contributed by atoms with Crippen LogP contribution in [0.5, 0.6) is 0 Å². The first-order valence-corrected chi connectivity index (χ1v) is 11.1. The monoisotopic (exact) mass is 458 g/mol. The minimum atomic E-state index is -3.60. The van der Waals surface area contributed by atoms with Crippen LogP contribution in [0.15, 0.2) is 35.2 Å². The molecule has 0 aliphatic carbocycles. The Morgan fingerprint density at radius 2 is 1.76 bits per heavy atom. The maximum atomic E-state index is 12.4. The fourth-order valence-electron chi connectivity index (χ4n) is 2.52. The van der Waals surface area contributed by atoms with Gasteiger partial charge in [0.25, 0.3) is 0 Å². The van der Waals surface area contributed by atoms with E-state index in [9.17, 15) is 13.2 Å². The molecule has 2 aromatic carbocycles. The number of carbonyl (C=O) groups excluding carboxylic acids is 1. The quantitative estimate of drug-likeness (QED) is 0.555. The maximum absolute atomic E-state index is 12.4. The fraction of sp³-hybridized carbons (Fsp3) is 0.316. The van der Waals surface area contributed by atoms with Crippen LogP contribution in [0.4, 0.5) is 17.1 Å². The number of benzene rings is 2. The third kappa shape index (κ3) is 5.54. The molecule has 7 nitrogen and oxygen atoms in total. The average molecular weight is 459 g/mol. The Hall–Kier alpha value is -2.00. The molecule has 0 fully saturated rings. The molecular weight excluding hydrogens is 435 g/mol. The fourth-order valence-corrected chi connectivity index (χ4v) is 3.91. The molecule has 10 heteroatoms. The van der Waals surface area contributed by atoms with Crippen molar-refractivity contribution in [3.63, 3.8) is 0 Å². The molecule has 29 heavy (non-hydrogen) atoms. The summed E-state index contributed by atoms with van der Waals surface area (Å²) in [5.74, 6) is -0.372. The van der Waals surface area contributed by atoms with Crippen molar-refractivity contribution < 1.29 is 13.2 Å². The minimum Gasteiger partial charge on any atom is -0.384 e. The van der Waals surface area contributed by atoms with Gasteiger partial charge in [0.2, 0.25) is 15.9 Å². The Labute approximate surface area is 181 Å². The highest BCUT2D eigenvalue weighted by molar-refractivity contribution is 7.89. The SMILES string of the molecule is CCNc1ccc(S(=O)(=O)N(C)C)cc1NCC(=O)Nc1c(Cl)ccc(C)c1Cl. The molecule has 0 unspecified atom stereocenters. The molecule has 158 valence electrons. The first kappa shape index (κ1) is 23.3. The van der Waals surface area contributed by atoms with E-state index in [1.54, 1.807) is 18.2 Å². The van der Waals surface area contributed by atoms with Crippen LogP contribution in [0.3, 0.4) is 0 Å². The molecule has 2 rings (SSSR count). The van der Waals surface area contributed by atoms with E-state index in [4.69, 9.17) is 23.2 Å². The van der Waals surface area contributed by atoms with E-state index in [0.717, 1.165) is 9.87 Å². The van der Waals surface area contributed by atoms with Crippen molar-refractivity contribution in [2.45, 2.75) is 18.7 Å². The molecule has 0 saturated heterocycles. The Kier molecular flexibility index (Phi) is 7.76. The van der Waals surface area contributed by atoms with Gasteiger partial charge in [0.05, 0.1) is 38.5 Å². The minimum absolute atomic E-state index is 0.107. The molecule has 0 bridgehead atoms. The number of amides is 1. The van der Waals surface area contributed by atoms with E-state index in [1.165, 1.54) is 26.2 Å². The predicted octanol–water partition coefficient (Wildman–Crippen LogP) is 4.03. The van der Waals surface area contributed by atoms with E-state index in [-0.39, 0.29) is 17.3 Å². The van der Waals surface area contributed by atoms with E-state index < -0.39 is 10.0 Å². The standard InChI is InChI=1S/C19H24Cl2N4O3S/c1-5-22-15-9-7-13(29(27,28)25(3)4)10-16(15)23-11-17(26)24-19-14(20)8-6-12(2)18(19)21/h6-10,22-23H,5,11H2,1-4H3,(H,24,26). The van der Waals surface area contributed by atoms with Gasteiger partial charge in [-0.1, -0.05) is 29.3 Å². The third-order valence-corrected chi connectivity index (χ3v) is 6.74. The molecule has 0 aliphatic heterocycles. The molecule has 0 aliphatic rings. The van der Waals surface area contributed by atoms with E-state index in [2.05, 4.69) is 16.0 Å². The van der Waals surface area contributed by atoms with Crippen LogP contribution in [-0.2, 0) is 14.8 Å². The van der Waals surface area contributed by atoms with Gasteiger partial charge in [-0.15, -0.1) is 0 Å². The second kappa shape index (κ2) is 9.67. The second-order valence-corrected chi connectivity index (χ2v) is 9.42.